The smallest absolute Gasteiger partial charge is 0.326 e. The number of carboxylic acids is 1. The summed E-state index contributed by atoms with van der Waals surface area (Å²) >= 11 is 0. The molecule has 0 radical (unpaired) electrons. The molecule has 63 heavy (non-hydrogen) atoms. The molecule has 5 N–H and O–H groups in total. The fourth-order valence-corrected chi connectivity index (χ4v) is 8.30. The quantitative estimate of drug-likeness (QED) is 0.105. The SMILES string of the molecule is CCC(C)C(NC(=O)C(C(C)C)N(C)C(=O)C(C)N)C(=O)N(C)C(C(=O)N(C)C(C(=O)N(C)C(C(=O)N(C)C(C(=O)NC(C(=O)O)C(C)C)C(C)C)C(C)CC)C(C)CC)C(C)C. The molecule has 17 heteroatoms. The molecule has 0 saturated carbocycles. The van der Waals surface area contributed by atoms with Gasteiger partial charge in [0.05, 0.1) is 6.04 Å². The van der Waals surface area contributed by atoms with Crippen molar-refractivity contribution in [1.82, 2.24) is 35.1 Å². The van der Waals surface area contributed by atoms with E-state index in [-0.39, 0.29) is 11.8 Å². The number of likely N-dealkylation sites (N-methyl/N-ethyl adjacent to an activating group) is 5. The number of amides is 7. The standard InChI is InChI=1S/C46H86N8O9/c1-21-28(12)33(49-40(56)34(25(6)7)50(16)41(57)31(15)47)42(58)52(18)36(27(10)11)43(59)53(19)38(30(14)23-3)45(61)54(20)37(29(13)22-2)44(60)51(17)35(26(8)9)39(55)48-32(24(4)5)46(62)63/h24-38H,21-23,47H2,1-20H3,(H,48,55)(H,49,56)(H,62,63). The minimum atomic E-state index is -1.19. The molecule has 0 saturated heterocycles. The molecule has 0 aliphatic rings. The topological polar surface area (TPSA) is 223 Å². The molecule has 0 aromatic carbocycles. The van der Waals surface area contributed by atoms with Gasteiger partial charge in [-0.1, -0.05) is 116 Å². The minimum absolute atomic E-state index is 0.317. The number of carbonyl (C=O) groups is 8. The molecule has 0 fully saturated rings. The van der Waals surface area contributed by atoms with Crippen molar-refractivity contribution in [2.75, 3.05) is 35.2 Å². The summed E-state index contributed by atoms with van der Waals surface area (Å²) in [4.78, 5) is 118. The van der Waals surface area contributed by atoms with Gasteiger partial charge < -0.3 is 46.0 Å². The Morgan fingerprint density at radius 2 is 0.698 bits per heavy atom. The lowest BCUT2D eigenvalue weighted by molar-refractivity contribution is -0.158. The lowest BCUT2D eigenvalue weighted by Gasteiger charge is -2.43. The first-order valence-electron chi connectivity index (χ1n) is 22.8. The van der Waals surface area contributed by atoms with Crippen molar-refractivity contribution >= 4 is 47.3 Å². The second kappa shape index (κ2) is 25.9. The lowest BCUT2D eigenvalue weighted by Crippen LogP contribution is -2.64. The number of nitrogens with one attached hydrogen (secondary N) is 2. The van der Waals surface area contributed by atoms with Gasteiger partial charge >= 0.3 is 5.97 Å². The molecule has 0 rings (SSSR count). The van der Waals surface area contributed by atoms with Crippen molar-refractivity contribution < 1.29 is 43.5 Å². The van der Waals surface area contributed by atoms with Crippen LogP contribution in [0, 0.1) is 41.4 Å². The third-order valence-corrected chi connectivity index (χ3v) is 12.8. The summed E-state index contributed by atoms with van der Waals surface area (Å²) in [5.41, 5.74) is 5.86. The Kier molecular flexibility index (Phi) is 24.1. The largest absolute Gasteiger partial charge is 0.480 e. The van der Waals surface area contributed by atoms with Crippen LogP contribution in [0.3, 0.4) is 0 Å². The predicted molar refractivity (Wildman–Crippen MR) is 246 cm³/mol. The van der Waals surface area contributed by atoms with Gasteiger partial charge in [-0.2, -0.15) is 0 Å². The molecule has 0 heterocycles. The number of carboxylic acid groups (broad SMARTS) is 1. The zero-order valence-electron chi connectivity index (χ0n) is 42.3. The molecule has 0 aliphatic carbocycles. The number of nitrogens with two attached hydrogens (primary N) is 1. The van der Waals surface area contributed by atoms with Gasteiger partial charge in [-0.25, -0.2) is 4.79 Å². The van der Waals surface area contributed by atoms with E-state index in [1.54, 1.807) is 55.4 Å². The van der Waals surface area contributed by atoms with Crippen molar-refractivity contribution in [1.29, 1.82) is 0 Å². The zero-order valence-corrected chi connectivity index (χ0v) is 42.3. The molecule has 0 aromatic rings. The first-order valence-corrected chi connectivity index (χ1v) is 22.8. The van der Waals surface area contributed by atoms with Gasteiger partial charge in [0.15, 0.2) is 0 Å². The van der Waals surface area contributed by atoms with Crippen LogP contribution in [0.25, 0.3) is 0 Å². The Morgan fingerprint density at radius 3 is 0.984 bits per heavy atom. The number of carbonyl (C=O) groups excluding carboxylic acids is 7. The van der Waals surface area contributed by atoms with Gasteiger partial charge in [-0.15, -0.1) is 0 Å². The first kappa shape index (κ1) is 58.7. The molecular weight excluding hydrogens is 809 g/mol. The number of rotatable bonds is 25. The Labute approximate surface area is 378 Å². The maximum absolute atomic E-state index is 14.9. The van der Waals surface area contributed by atoms with Gasteiger partial charge in [0.2, 0.25) is 41.4 Å². The maximum atomic E-state index is 14.9. The van der Waals surface area contributed by atoms with E-state index in [0.717, 1.165) is 0 Å². The van der Waals surface area contributed by atoms with Gasteiger partial charge in [-0.3, -0.25) is 33.6 Å². The van der Waals surface area contributed by atoms with E-state index >= 15 is 0 Å². The highest BCUT2D eigenvalue weighted by atomic mass is 16.4. The molecule has 0 aromatic heterocycles. The average Bonchev–Trinajstić information content (AvgIpc) is 3.19. The number of aliphatic carboxylic acids is 1. The Morgan fingerprint density at radius 1 is 0.413 bits per heavy atom. The van der Waals surface area contributed by atoms with Crippen LogP contribution in [0.2, 0.25) is 0 Å². The van der Waals surface area contributed by atoms with Crippen molar-refractivity contribution in [2.24, 2.45) is 47.2 Å². The molecule has 17 nitrogen and oxygen atoms in total. The third-order valence-electron chi connectivity index (χ3n) is 12.8. The molecule has 0 aliphatic heterocycles. The van der Waals surface area contributed by atoms with Gasteiger partial charge in [-0.05, 0) is 48.3 Å². The van der Waals surface area contributed by atoms with Crippen LogP contribution in [-0.4, -0.2) is 160 Å². The van der Waals surface area contributed by atoms with E-state index in [0.29, 0.717) is 19.3 Å². The molecule has 11 unspecified atom stereocenters. The maximum Gasteiger partial charge on any atom is 0.326 e. The van der Waals surface area contributed by atoms with Crippen LogP contribution in [0.4, 0.5) is 0 Å². The zero-order chi connectivity index (χ0) is 49.7. The fourth-order valence-electron chi connectivity index (χ4n) is 8.30. The second-order valence-electron chi connectivity index (χ2n) is 19.2. The van der Waals surface area contributed by atoms with E-state index in [2.05, 4.69) is 10.6 Å². The highest BCUT2D eigenvalue weighted by Crippen LogP contribution is 2.26. The Bertz CT molecular complexity index is 1570. The predicted octanol–water partition coefficient (Wildman–Crippen LogP) is 3.29. The highest BCUT2D eigenvalue weighted by Gasteiger charge is 2.45. The van der Waals surface area contributed by atoms with E-state index in [4.69, 9.17) is 5.73 Å². The van der Waals surface area contributed by atoms with E-state index in [1.165, 1.54) is 66.7 Å². The van der Waals surface area contributed by atoms with E-state index in [9.17, 15) is 43.5 Å². The highest BCUT2D eigenvalue weighted by molar-refractivity contribution is 5.98. The first-order chi connectivity index (χ1) is 28.9. The van der Waals surface area contributed by atoms with Crippen LogP contribution in [-0.2, 0) is 38.4 Å². The average molecular weight is 895 g/mol. The summed E-state index contributed by atoms with van der Waals surface area (Å²) < 4.78 is 0. The van der Waals surface area contributed by atoms with E-state index in [1.807, 2.05) is 41.5 Å². The summed E-state index contributed by atoms with van der Waals surface area (Å²) in [6.07, 6.45) is 1.49. The summed E-state index contributed by atoms with van der Waals surface area (Å²) in [5.74, 6) is -7.57. The van der Waals surface area contributed by atoms with Crippen molar-refractivity contribution in [3.63, 3.8) is 0 Å². The molecule has 364 valence electrons. The van der Waals surface area contributed by atoms with Gasteiger partial charge in [0.25, 0.3) is 0 Å². The van der Waals surface area contributed by atoms with Crippen LogP contribution in [0.15, 0.2) is 0 Å². The number of nitrogens with zero attached hydrogens (tertiary/aromatic N) is 5. The second-order valence-corrected chi connectivity index (χ2v) is 19.2. The van der Waals surface area contributed by atoms with Gasteiger partial charge in [0.1, 0.15) is 42.3 Å². The van der Waals surface area contributed by atoms with Crippen LogP contribution < -0.4 is 16.4 Å². The summed E-state index contributed by atoms with van der Waals surface area (Å²) in [6.45, 7) is 26.7. The van der Waals surface area contributed by atoms with E-state index < -0.39 is 125 Å². The normalized spacial score (nSPS) is 17.0. The summed E-state index contributed by atoms with van der Waals surface area (Å²) in [7, 11) is 7.52. The summed E-state index contributed by atoms with van der Waals surface area (Å²) in [6, 6.07) is -8.24. The van der Waals surface area contributed by atoms with Crippen LogP contribution in [0.1, 0.15) is 123 Å². The molecule has 0 spiro atoms. The Hall–Kier alpha value is -4.28. The monoisotopic (exact) mass is 895 g/mol. The van der Waals surface area contributed by atoms with Gasteiger partial charge in [0, 0.05) is 35.2 Å². The number of hydrogen-bond donors (Lipinski definition) is 4. The summed E-state index contributed by atoms with van der Waals surface area (Å²) in [5, 5.41) is 15.3. The third kappa shape index (κ3) is 14.9. The van der Waals surface area contributed by atoms with Crippen molar-refractivity contribution in [3.8, 4) is 0 Å². The fraction of sp³-hybridized carbons (Fsp3) is 0.826. The minimum Gasteiger partial charge on any atom is -0.480 e. The number of hydrogen-bond acceptors (Lipinski definition) is 9. The molecule has 0 bridgehead atoms. The lowest BCUT2D eigenvalue weighted by atomic mass is 9.90. The van der Waals surface area contributed by atoms with Crippen molar-refractivity contribution in [3.05, 3.63) is 0 Å². The molecular formula is C46H86N8O9. The van der Waals surface area contributed by atoms with Crippen LogP contribution >= 0.6 is 0 Å². The Balaban J connectivity index is 7.08. The molecule has 7 amide bonds. The molecule has 11 atom stereocenters. The van der Waals surface area contributed by atoms with Crippen LogP contribution in [0.5, 0.6) is 0 Å². The van der Waals surface area contributed by atoms with Crippen molar-refractivity contribution in [2.45, 2.75) is 171 Å².